The molecule has 0 spiro atoms. The van der Waals surface area contributed by atoms with E-state index in [0.29, 0.717) is 22.7 Å². The highest BCUT2D eigenvalue weighted by molar-refractivity contribution is 7.12. The second kappa shape index (κ2) is 9.38. The number of carbonyl (C=O) groups excluding carboxylic acids is 1. The summed E-state index contributed by atoms with van der Waals surface area (Å²) in [6, 6.07) is 16.6. The third kappa shape index (κ3) is 4.36. The van der Waals surface area contributed by atoms with Gasteiger partial charge < -0.3 is 10.6 Å². The third-order valence-corrected chi connectivity index (χ3v) is 6.17. The molecule has 160 valence electrons. The van der Waals surface area contributed by atoms with E-state index in [9.17, 15) is 14.9 Å². The number of benzene rings is 2. The number of nitro benzene ring substituents is 1. The highest BCUT2D eigenvalue weighted by atomic mass is 35.5. The Morgan fingerprint density at radius 1 is 1.23 bits per heavy atom. The number of halogens is 1. The van der Waals surface area contributed by atoms with Crippen molar-refractivity contribution in [2.45, 2.75) is 12.1 Å². The molecule has 1 aliphatic heterocycles. The van der Waals surface area contributed by atoms with Crippen molar-refractivity contribution in [1.29, 1.82) is 0 Å². The fourth-order valence-corrected chi connectivity index (χ4v) is 4.37. The van der Waals surface area contributed by atoms with Crippen molar-refractivity contribution < 1.29 is 9.72 Å². The number of aliphatic imine (C=N–C) groups is 1. The Bertz CT molecular complexity index is 1120. The molecule has 2 atom stereocenters. The van der Waals surface area contributed by atoms with Gasteiger partial charge in [0.05, 0.1) is 34.1 Å². The van der Waals surface area contributed by atoms with Crippen LogP contribution in [0.3, 0.4) is 0 Å². The van der Waals surface area contributed by atoms with Crippen molar-refractivity contribution in [2.75, 3.05) is 18.5 Å². The number of nitrogens with zero attached hydrogens (tertiary/aromatic N) is 3. The average molecular weight is 457 g/mol. The van der Waals surface area contributed by atoms with Crippen molar-refractivity contribution >= 4 is 46.6 Å². The maximum absolute atomic E-state index is 12.9. The van der Waals surface area contributed by atoms with Crippen LogP contribution in [0.15, 0.2) is 71.0 Å². The number of benzodiazepines with no additional fused rings is 1. The van der Waals surface area contributed by atoms with E-state index in [-0.39, 0.29) is 29.9 Å². The second-order valence-corrected chi connectivity index (χ2v) is 8.01. The predicted molar refractivity (Wildman–Crippen MR) is 126 cm³/mol. The molecule has 2 heterocycles. The second-order valence-electron chi connectivity index (χ2n) is 7.06. The van der Waals surface area contributed by atoms with Crippen molar-refractivity contribution in [2.24, 2.45) is 10.7 Å². The molecule has 0 saturated heterocycles. The Kier molecular flexibility index (Phi) is 6.84. The van der Waals surface area contributed by atoms with E-state index in [0.717, 1.165) is 11.3 Å². The molecule has 1 aromatic heterocycles. The van der Waals surface area contributed by atoms with E-state index in [1.165, 1.54) is 23.5 Å². The Labute approximate surface area is 189 Å². The summed E-state index contributed by atoms with van der Waals surface area (Å²) in [5.41, 5.74) is 9.29. The molecular weight excluding hydrogens is 436 g/mol. The smallest absolute Gasteiger partial charge is 0.270 e. The van der Waals surface area contributed by atoms with Crippen LogP contribution in [0.4, 0.5) is 11.4 Å². The quantitative estimate of drug-likeness (QED) is 0.356. The van der Waals surface area contributed by atoms with Crippen molar-refractivity contribution in [3.05, 3.63) is 92.2 Å². The summed E-state index contributed by atoms with van der Waals surface area (Å²) in [5, 5.41) is 13.2. The number of ketones is 1. The highest BCUT2D eigenvalue weighted by Gasteiger charge is 2.33. The lowest BCUT2D eigenvalue weighted by molar-refractivity contribution is -0.384. The van der Waals surface area contributed by atoms with Gasteiger partial charge >= 0.3 is 0 Å². The van der Waals surface area contributed by atoms with E-state index in [2.05, 4.69) is 0 Å². The molecule has 2 unspecified atom stereocenters. The lowest BCUT2D eigenvalue weighted by Crippen LogP contribution is -2.52. The molecule has 7 nitrogen and oxygen atoms in total. The minimum atomic E-state index is -0.782. The zero-order valence-electron chi connectivity index (χ0n) is 16.7. The zero-order valence-corrected chi connectivity index (χ0v) is 18.3. The number of nitro groups is 1. The van der Waals surface area contributed by atoms with Crippen LogP contribution in [-0.4, -0.2) is 42.1 Å². The molecule has 9 heteroatoms. The Morgan fingerprint density at radius 2 is 1.97 bits per heavy atom. The molecular formula is C22H21ClN4O3S. The summed E-state index contributed by atoms with van der Waals surface area (Å²) in [7, 11) is 1.85. The van der Waals surface area contributed by atoms with E-state index in [1.807, 2.05) is 53.7 Å². The van der Waals surface area contributed by atoms with E-state index >= 15 is 0 Å². The maximum Gasteiger partial charge on any atom is 0.270 e. The highest BCUT2D eigenvalue weighted by Crippen LogP contribution is 2.32. The fourth-order valence-electron chi connectivity index (χ4n) is 3.66. The average Bonchev–Trinajstić information content (AvgIpc) is 3.26. The van der Waals surface area contributed by atoms with Gasteiger partial charge in [-0.25, -0.2) is 0 Å². The number of rotatable bonds is 5. The van der Waals surface area contributed by atoms with Crippen molar-refractivity contribution in [3.8, 4) is 0 Å². The minimum Gasteiger partial charge on any atom is -0.367 e. The number of nitrogens with two attached hydrogens (primary N) is 1. The SMILES string of the molecule is CN1c2ccc([N+](=O)[O-])cc2C(c2ccccc2)=NCC1C(N)C(=O)c1cccs1.Cl. The molecule has 31 heavy (non-hydrogen) atoms. The van der Waals surface area contributed by atoms with Crippen LogP contribution >= 0.6 is 23.7 Å². The van der Waals surface area contributed by atoms with Gasteiger partial charge in [0.2, 0.25) is 0 Å². The number of hydrogen-bond acceptors (Lipinski definition) is 7. The van der Waals surface area contributed by atoms with Gasteiger partial charge in [0.1, 0.15) is 0 Å². The molecule has 0 bridgehead atoms. The molecule has 0 fully saturated rings. The van der Waals surface area contributed by atoms with Crippen molar-refractivity contribution in [1.82, 2.24) is 0 Å². The first-order valence-electron chi connectivity index (χ1n) is 9.42. The molecule has 2 aromatic carbocycles. The van der Waals surface area contributed by atoms with Crippen LogP contribution in [0.1, 0.15) is 20.8 Å². The molecule has 0 saturated carbocycles. The molecule has 2 N–H and O–H groups in total. The van der Waals surface area contributed by atoms with Gasteiger partial charge in [0.25, 0.3) is 5.69 Å². The normalized spacial score (nSPS) is 16.4. The number of anilines is 1. The Hall–Kier alpha value is -3.07. The summed E-state index contributed by atoms with van der Waals surface area (Å²) in [6.45, 7) is 0.293. The molecule has 0 aliphatic carbocycles. The lowest BCUT2D eigenvalue weighted by Gasteiger charge is -2.32. The Morgan fingerprint density at radius 3 is 2.61 bits per heavy atom. The van der Waals surface area contributed by atoms with E-state index < -0.39 is 11.0 Å². The monoisotopic (exact) mass is 456 g/mol. The predicted octanol–water partition coefficient (Wildman–Crippen LogP) is 3.94. The number of thiophene rings is 1. The van der Waals surface area contributed by atoms with Gasteiger partial charge in [0, 0.05) is 36.0 Å². The largest absolute Gasteiger partial charge is 0.367 e. The molecule has 3 aromatic rings. The van der Waals surface area contributed by atoms with Gasteiger partial charge in [0.15, 0.2) is 5.78 Å². The first-order chi connectivity index (χ1) is 14.5. The first kappa shape index (κ1) is 22.6. The van der Waals surface area contributed by atoms with E-state index in [4.69, 9.17) is 10.7 Å². The standard InChI is InChI=1S/C22H20N4O3S.ClH/c1-25-17-10-9-15(26(28)29)12-16(17)21(14-6-3-2-4-7-14)24-13-18(25)20(23)22(27)19-8-5-11-30-19;/h2-12,18,20H,13,23H2,1H3;1H. The third-order valence-electron chi connectivity index (χ3n) is 5.29. The maximum atomic E-state index is 12.9. The lowest BCUT2D eigenvalue weighted by atomic mass is 9.98. The van der Waals surface area contributed by atoms with Crippen LogP contribution in [0.5, 0.6) is 0 Å². The summed E-state index contributed by atoms with van der Waals surface area (Å²) >= 11 is 1.36. The van der Waals surface area contributed by atoms with Crippen LogP contribution in [0.25, 0.3) is 0 Å². The van der Waals surface area contributed by atoms with Crippen LogP contribution in [-0.2, 0) is 0 Å². The zero-order chi connectivity index (χ0) is 21.3. The number of fused-ring (bicyclic) bond motifs is 1. The van der Waals surface area contributed by atoms with Crippen LogP contribution in [0.2, 0.25) is 0 Å². The molecule has 0 radical (unpaired) electrons. The number of Topliss-reactive ketones (excluding diaryl/α,β-unsaturated/α-hetero) is 1. The first-order valence-corrected chi connectivity index (χ1v) is 10.3. The number of carbonyl (C=O) groups is 1. The van der Waals surface area contributed by atoms with Crippen LogP contribution in [0, 0.1) is 10.1 Å². The van der Waals surface area contributed by atoms with Gasteiger partial charge in [-0.3, -0.25) is 19.9 Å². The molecule has 4 rings (SSSR count). The Balaban J connectivity index is 0.00000272. The fraction of sp³-hybridized carbons (Fsp3) is 0.182. The molecule has 1 aliphatic rings. The van der Waals surface area contributed by atoms with Gasteiger partial charge in [-0.05, 0) is 17.5 Å². The van der Waals surface area contributed by atoms with E-state index in [1.54, 1.807) is 12.1 Å². The topological polar surface area (TPSA) is 102 Å². The molecule has 0 amide bonds. The number of likely N-dealkylation sites (N-methyl/N-ethyl adjacent to an activating group) is 1. The van der Waals surface area contributed by atoms with Gasteiger partial charge in [-0.15, -0.1) is 23.7 Å². The van der Waals surface area contributed by atoms with Crippen LogP contribution < -0.4 is 10.6 Å². The number of non-ortho nitro benzene ring substituents is 1. The summed E-state index contributed by atoms with van der Waals surface area (Å²) in [5.74, 6) is -0.135. The summed E-state index contributed by atoms with van der Waals surface area (Å²) in [4.78, 5) is 31.1. The van der Waals surface area contributed by atoms with Gasteiger partial charge in [-0.1, -0.05) is 36.4 Å². The number of hydrogen-bond donors (Lipinski definition) is 1. The summed E-state index contributed by atoms with van der Waals surface area (Å²) < 4.78 is 0. The summed E-state index contributed by atoms with van der Waals surface area (Å²) in [6.07, 6.45) is 0. The van der Waals surface area contributed by atoms with Gasteiger partial charge in [-0.2, -0.15) is 0 Å². The minimum absolute atomic E-state index is 0. The van der Waals surface area contributed by atoms with Crippen molar-refractivity contribution in [3.63, 3.8) is 0 Å².